The van der Waals surface area contributed by atoms with Gasteiger partial charge in [0.2, 0.25) is 5.95 Å². The van der Waals surface area contributed by atoms with Crippen LogP contribution in [0.25, 0.3) is 5.52 Å². The fourth-order valence-corrected chi connectivity index (χ4v) is 4.81. The van der Waals surface area contributed by atoms with E-state index in [-0.39, 0.29) is 18.0 Å². The van der Waals surface area contributed by atoms with E-state index in [0.29, 0.717) is 36.5 Å². The van der Waals surface area contributed by atoms with E-state index < -0.39 is 5.54 Å². The molecule has 1 aromatic carbocycles. The van der Waals surface area contributed by atoms with Crippen molar-refractivity contribution in [2.75, 3.05) is 16.8 Å². The molecule has 2 N–H and O–H groups in total. The van der Waals surface area contributed by atoms with Crippen molar-refractivity contribution in [2.24, 2.45) is 0 Å². The maximum absolute atomic E-state index is 13.4. The van der Waals surface area contributed by atoms with Crippen LogP contribution in [0.2, 0.25) is 0 Å². The van der Waals surface area contributed by atoms with Crippen LogP contribution < -0.4 is 10.2 Å². The fraction of sp³-hybridized carbons (Fsp3) is 0.360. The minimum atomic E-state index is -0.738. The van der Waals surface area contributed by atoms with Gasteiger partial charge in [0.1, 0.15) is 11.3 Å². The van der Waals surface area contributed by atoms with Crippen LogP contribution >= 0.6 is 0 Å². The summed E-state index contributed by atoms with van der Waals surface area (Å²) in [7, 11) is 0. The van der Waals surface area contributed by atoms with Crippen molar-refractivity contribution in [2.45, 2.75) is 50.5 Å². The summed E-state index contributed by atoms with van der Waals surface area (Å²) in [4.78, 5) is 20.3. The molecule has 0 amide bonds. The number of hydrogen-bond donors (Lipinski definition) is 2. The Morgan fingerprint density at radius 1 is 1.26 bits per heavy atom. The van der Waals surface area contributed by atoms with Crippen molar-refractivity contribution in [3.8, 4) is 0 Å². The molecular formula is C25H26FN7O. The van der Waals surface area contributed by atoms with Gasteiger partial charge < -0.3 is 10.2 Å². The second kappa shape index (κ2) is 7.93. The van der Waals surface area contributed by atoms with Crippen LogP contribution in [0, 0.1) is 5.82 Å². The summed E-state index contributed by atoms with van der Waals surface area (Å²) in [5, 5.41) is 15.6. The van der Waals surface area contributed by atoms with Gasteiger partial charge in [-0.15, -0.1) is 5.10 Å². The van der Waals surface area contributed by atoms with Gasteiger partial charge in [-0.2, -0.15) is 10.1 Å². The summed E-state index contributed by atoms with van der Waals surface area (Å²) in [6.07, 6.45) is 6.09. The van der Waals surface area contributed by atoms with E-state index in [1.807, 2.05) is 36.2 Å². The Morgan fingerprint density at radius 3 is 2.88 bits per heavy atom. The van der Waals surface area contributed by atoms with E-state index in [1.165, 1.54) is 25.0 Å². The summed E-state index contributed by atoms with van der Waals surface area (Å²) in [6, 6.07) is 12.0. The van der Waals surface area contributed by atoms with Gasteiger partial charge in [0.15, 0.2) is 17.4 Å². The van der Waals surface area contributed by atoms with Crippen LogP contribution in [0.4, 0.5) is 22.0 Å². The van der Waals surface area contributed by atoms with Gasteiger partial charge in [0.05, 0.1) is 5.54 Å². The number of H-pyrrole nitrogens is 1. The van der Waals surface area contributed by atoms with E-state index in [0.717, 1.165) is 23.2 Å². The third-order valence-electron chi connectivity index (χ3n) is 7.00. The highest BCUT2D eigenvalue weighted by molar-refractivity contribution is 5.93. The molecule has 2 fully saturated rings. The molecule has 3 aromatic heterocycles. The Hall–Kier alpha value is -3.75. The van der Waals surface area contributed by atoms with Crippen LogP contribution in [0.15, 0.2) is 48.7 Å². The number of aromatic nitrogens is 5. The largest absolute Gasteiger partial charge is 0.327 e. The first-order valence-corrected chi connectivity index (χ1v) is 11.7. The van der Waals surface area contributed by atoms with Crippen LogP contribution in [0.5, 0.6) is 0 Å². The highest BCUT2D eigenvalue weighted by Gasteiger charge is 2.44. The van der Waals surface area contributed by atoms with Gasteiger partial charge in [-0.25, -0.2) is 8.91 Å². The number of anilines is 3. The Labute approximate surface area is 196 Å². The molecule has 34 heavy (non-hydrogen) atoms. The zero-order valence-corrected chi connectivity index (χ0v) is 19.0. The Bertz CT molecular complexity index is 1360. The van der Waals surface area contributed by atoms with Crippen LogP contribution in [0.1, 0.15) is 49.8 Å². The zero-order valence-electron chi connectivity index (χ0n) is 19.0. The van der Waals surface area contributed by atoms with Gasteiger partial charge in [-0.1, -0.05) is 12.1 Å². The number of rotatable bonds is 7. The number of halogens is 1. The maximum atomic E-state index is 13.4. The minimum absolute atomic E-state index is 0.0729. The Balaban J connectivity index is 1.31. The van der Waals surface area contributed by atoms with Gasteiger partial charge in [-0.3, -0.25) is 9.89 Å². The normalized spacial score (nSPS) is 20.2. The molecule has 8 nitrogen and oxygen atoms in total. The summed E-state index contributed by atoms with van der Waals surface area (Å²) < 4.78 is 15.1. The second-order valence-corrected chi connectivity index (χ2v) is 9.46. The predicted molar refractivity (Wildman–Crippen MR) is 127 cm³/mol. The molecule has 6 rings (SSSR count). The van der Waals surface area contributed by atoms with E-state index >= 15 is 0 Å². The number of hydrogen-bond acceptors (Lipinski definition) is 6. The lowest BCUT2D eigenvalue weighted by Gasteiger charge is -2.34. The second-order valence-electron chi connectivity index (χ2n) is 9.46. The van der Waals surface area contributed by atoms with Gasteiger partial charge in [0.25, 0.3) is 0 Å². The number of fused-ring (bicyclic) bond motifs is 1. The molecule has 4 aromatic rings. The molecule has 1 aliphatic heterocycles. The first kappa shape index (κ1) is 20.8. The fourth-order valence-electron chi connectivity index (χ4n) is 4.81. The first-order valence-electron chi connectivity index (χ1n) is 11.7. The number of nitrogens with one attached hydrogen (secondary N) is 2. The van der Waals surface area contributed by atoms with E-state index in [2.05, 4.69) is 15.5 Å². The Kier molecular flexibility index (Phi) is 4.86. The number of nitrogens with zero attached hydrogens (tertiary/aromatic N) is 5. The molecule has 4 heterocycles. The quantitative estimate of drug-likeness (QED) is 0.426. The lowest BCUT2D eigenvalue weighted by atomic mass is 9.89. The first-order chi connectivity index (χ1) is 16.5. The summed E-state index contributed by atoms with van der Waals surface area (Å²) in [6.45, 7) is 2.64. The topological polar surface area (TPSA) is 91.2 Å². The minimum Gasteiger partial charge on any atom is -0.327 e. The number of benzene rings is 1. The summed E-state index contributed by atoms with van der Waals surface area (Å²) >= 11 is 0. The van der Waals surface area contributed by atoms with Crippen molar-refractivity contribution in [1.29, 1.82) is 0 Å². The number of carbonyl (C=O) groups excluding carboxylic acids is 1. The molecule has 0 bridgehead atoms. The van der Waals surface area contributed by atoms with Gasteiger partial charge in [0, 0.05) is 36.8 Å². The molecule has 0 spiro atoms. The maximum Gasteiger partial charge on any atom is 0.246 e. The van der Waals surface area contributed by atoms with Crippen molar-refractivity contribution in [1.82, 2.24) is 24.8 Å². The van der Waals surface area contributed by atoms with Crippen molar-refractivity contribution in [3.05, 3.63) is 65.7 Å². The van der Waals surface area contributed by atoms with Crippen molar-refractivity contribution < 1.29 is 9.18 Å². The van der Waals surface area contributed by atoms with Crippen LogP contribution in [-0.2, 0) is 11.2 Å². The van der Waals surface area contributed by atoms with Crippen LogP contribution in [0.3, 0.4) is 0 Å². The average molecular weight is 460 g/mol. The lowest BCUT2D eigenvalue weighted by Crippen LogP contribution is -2.49. The molecule has 1 aliphatic carbocycles. The lowest BCUT2D eigenvalue weighted by molar-refractivity contribution is -0.122. The summed E-state index contributed by atoms with van der Waals surface area (Å²) in [5.74, 6) is 2.20. The third kappa shape index (κ3) is 3.70. The standard InChI is InChI=1S/C25H26FN7O/c1-25(21(34)14-16-5-9-18(26)10-6-16)11-3-12-32(25)24-28-23(20-4-2-13-33(20)31-24)27-22-15-19(29-30-22)17-7-8-17/h2,4-6,9-10,13,15,17H,3,7-8,11-12,14H2,1H3,(H2,27,28,29,30,31)/t25-/m0/s1. The van der Waals surface area contributed by atoms with Crippen molar-refractivity contribution >= 4 is 28.9 Å². The third-order valence-corrected chi connectivity index (χ3v) is 7.00. The van der Waals surface area contributed by atoms with Gasteiger partial charge in [-0.05, 0) is 62.4 Å². The molecule has 174 valence electrons. The monoisotopic (exact) mass is 459 g/mol. The highest BCUT2D eigenvalue weighted by Crippen LogP contribution is 2.40. The number of ketones is 1. The van der Waals surface area contributed by atoms with E-state index in [1.54, 1.807) is 16.6 Å². The zero-order chi connectivity index (χ0) is 23.3. The molecule has 1 saturated carbocycles. The molecular weight excluding hydrogens is 433 g/mol. The van der Waals surface area contributed by atoms with E-state index in [9.17, 15) is 9.18 Å². The summed E-state index contributed by atoms with van der Waals surface area (Å²) in [5.41, 5.74) is 2.03. The molecule has 1 saturated heterocycles. The average Bonchev–Trinajstić information content (AvgIpc) is 3.20. The number of carbonyl (C=O) groups is 1. The van der Waals surface area contributed by atoms with Crippen LogP contribution in [-0.4, -0.2) is 42.7 Å². The molecule has 0 radical (unpaired) electrons. The molecule has 2 aliphatic rings. The number of aromatic amines is 1. The molecule has 1 atom stereocenters. The predicted octanol–water partition coefficient (Wildman–Crippen LogP) is 4.38. The number of Topliss-reactive ketones (excluding diaryl/α,β-unsaturated/α-hetero) is 1. The molecule has 9 heteroatoms. The van der Waals surface area contributed by atoms with Crippen molar-refractivity contribution in [3.63, 3.8) is 0 Å². The highest BCUT2D eigenvalue weighted by atomic mass is 19.1. The smallest absolute Gasteiger partial charge is 0.246 e. The Morgan fingerprint density at radius 2 is 2.09 bits per heavy atom. The van der Waals surface area contributed by atoms with E-state index in [4.69, 9.17) is 10.1 Å². The van der Waals surface area contributed by atoms with Gasteiger partial charge >= 0.3 is 0 Å². The SMILES string of the molecule is C[C@@]1(C(=O)Cc2ccc(F)cc2)CCCN1c1nc(Nc2cc(C3CC3)[nH]n2)c2cccn2n1. The molecule has 0 unspecified atom stereocenters.